The molecule has 0 bridgehead atoms. The number of halogens is 1. The zero-order valence-electron chi connectivity index (χ0n) is 7.97. The minimum absolute atomic E-state index is 0.229. The first-order valence-corrected chi connectivity index (χ1v) is 4.21. The van der Waals surface area contributed by atoms with Crippen LogP contribution in [-0.2, 0) is 0 Å². The Balaban J connectivity index is 3.15. The number of hydrogen-bond acceptors (Lipinski definition) is 0. The smallest absolute Gasteiger partial charge is 0.130 e. The molecular weight excluding hydrogens is 163 g/mol. The maximum absolute atomic E-state index is 13.3. The highest BCUT2D eigenvalue weighted by Crippen LogP contribution is 2.20. The average molecular weight is 176 g/mol. The Morgan fingerprint density at radius 2 is 2.08 bits per heavy atom. The Morgan fingerprint density at radius 3 is 2.62 bits per heavy atom. The number of aryl methyl sites for hydroxylation is 2. The molecule has 1 aromatic carbocycles. The van der Waals surface area contributed by atoms with Gasteiger partial charge >= 0.3 is 0 Å². The molecule has 68 valence electrons. The van der Waals surface area contributed by atoms with Gasteiger partial charge in [0, 0.05) is 5.56 Å². The third kappa shape index (κ3) is 2.28. The maximum Gasteiger partial charge on any atom is 0.130 e. The summed E-state index contributed by atoms with van der Waals surface area (Å²) in [4.78, 5) is 0. The molecule has 0 fully saturated rings. The van der Waals surface area contributed by atoms with E-state index in [-0.39, 0.29) is 5.83 Å². The molecule has 0 atom stereocenters. The zero-order chi connectivity index (χ0) is 9.84. The summed E-state index contributed by atoms with van der Waals surface area (Å²) in [6.45, 7) is 7.35. The van der Waals surface area contributed by atoms with E-state index in [9.17, 15) is 4.39 Å². The largest absolute Gasteiger partial charge is 0.206 e. The van der Waals surface area contributed by atoms with Crippen molar-refractivity contribution in [1.29, 1.82) is 0 Å². The van der Waals surface area contributed by atoms with Crippen molar-refractivity contribution >= 4 is 5.83 Å². The predicted octanol–water partition coefficient (Wildman–Crippen LogP) is 3.80. The first-order valence-electron chi connectivity index (χ1n) is 4.21. The minimum Gasteiger partial charge on any atom is -0.206 e. The second kappa shape index (κ2) is 4.04. The minimum atomic E-state index is -0.229. The summed E-state index contributed by atoms with van der Waals surface area (Å²) < 4.78 is 13.3. The number of rotatable bonds is 2. The molecule has 0 N–H and O–H groups in total. The van der Waals surface area contributed by atoms with E-state index in [0.717, 1.165) is 11.1 Å². The average Bonchev–Trinajstić information content (AvgIpc) is 2.04. The molecule has 0 aliphatic rings. The topological polar surface area (TPSA) is 0 Å². The summed E-state index contributed by atoms with van der Waals surface area (Å²) in [6, 6.07) is 5.66. The van der Waals surface area contributed by atoms with E-state index < -0.39 is 0 Å². The van der Waals surface area contributed by atoms with Gasteiger partial charge in [0.1, 0.15) is 5.83 Å². The molecule has 0 unspecified atom stereocenters. The molecule has 1 rings (SSSR count). The van der Waals surface area contributed by atoms with Crippen molar-refractivity contribution in [2.75, 3.05) is 0 Å². The van der Waals surface area contributed by atoms with E-state index in [1.807, 2.05) is 26.0 Å². The van der Waals surface area contributed by atoms with E-state index in [4.69, 9.17) is 0 Å². The van der Waals surface area contributed by atoms with Crippen LogP contribution >= 0.6 is 0 Å². The van der Waals surface area contributed by atoms with Crippen LogP contribution in [0.1, 0.15) is 16.7 Å². The van der Waals surface area contributed by atoms with Gasteiger partial charge in [0.15, 0.2) is 0 Å². The van der Waals surface area contributed by atoms with Crippen LogP contribution in [0.3, 0.4) is 0 Å². The highest BCUT2D eigenvalue weighted by atomic mass is 19.1. The molecule has 1 heteroatoms. The fourth-order valence-corrected chi connectivity index (χ4v) is 1.27. The lowest BCUT2D eigenvalue weighted by Crippen LogP contribution is -1.85. The molecule has 0 radical (unpaired) electrons. The van der Waals surface area contributed by atoms with E-state index in [2.05, 4.69) is 6.58 Å². The van der Waals surface area contributed by atoms with E-state index in [0.29, 0.717) is 5.56 Å². The van der Waals surface area contributed by atoms with Gasteiger partial charge in [-0.2, -0.15) is 0 Å². The van der Waals surface area contributed by atoms with E-state index in [1.54, 1.807) is 6.07 Å². The van der Waals surface area contributed by atoms with Crippen molar-refractivity contribution in [1.82, 2.24) is 0 Å². The molecule has 0 amide bonds. The molecule has 0 heterocycles. The first-order chi connectivity index (χ1) is 6.15. The normalized spacial score (nSPS) is 11.5. The fraction of sp³-hybridized carbons (Fsp3) is 0.167. The molecule has 0 aliphatic carbocycles. The van der Waals surface area contributed by atoms with Gasteiger partial charge in [-0.3, -0.25) is 0 Å². The standard InChI is InChI=1S/C12H13F/c1-4-5-12(13)11-7-6-9(2)8-10(11)3/h4-8H,1H2,2-3H3/b12-5+. The van der Waals surface area contributed by atoms with E-state index in [1.165, 1.54) is 12.2 Å². The first kappa shape index (κ1) is 9.72. The lowest BCUT2D eigenvalue weighted by molar-refractivity contribution is 0.758. The summed E-state index contributed by atoms with van der Waals surface area (Å²) in [7, 11) is 0. The quantitative estimate of drug-likeness (QED) is 0.601. The Morgan fingerprint density at radius 1 is 1.38 bits per heavy atom. The lowest BCUT2D eigenvalue weighted by atomic mass is 10.0. The number of benzene rings is 1. The van der Waals surface area contributed by atoms with Crippen molar-refractivity contribution in [2.24, 2.45) is 0 Å². The Kier molecular flexibility index (Phi) is 3.02. The molecule has 0 saturated carbocycles. The summed E-state index contributed by atoms with van der Waals surface area (Å²) in [5, 5.41) is 0. The third-order valence-corrected chi connectivity index (χ3v) is 1.90. The maximum atomic E-state index is 13.3. The van der Waals surface area contributed by atoms with Crippen LogP contribution < -0.4 is 0 Å². The Hall–Kier alpha value is -1.37. The van der Waals surface area contributed by atoms with Gasteiger partial charge in [-0.05, 0) is 25.5 Å². The van der Waals surface area contributed by atoms with Crippen LogP contribution in [0.15, 0.2) is 36.9 Å². The molecule has 0 aromatic heterocycles. The van der Waals surface area contributed by atoms with Crippen molar-refractivity contribution < 1.29 is 4.39 Å². The summed E-state index contributed by atoms with van der Waals surface area (Å²) in [5.74, 6) is -0.229. The fourth-order valence-electron chi connectivity index (χ4n) is 1.27. The van der Waals surface area contributed by atoms with Crippen molar-refractivity contribution in [3.8, 4) is 0 Å². The molecule has 1 aromatic rings. The third-order valence-electron chi connectivity index (χ3n) is 1.90. The predicted molar refractivity (Wildman–Crippen MR) is 55.2 cm³/mol. The van der Waals surface area contributed by atoms with Gasteiger partial charge in [0.2, 0.25) is 0 Å². The molecule has 0 spiro atoms. The van der Waals surface area contributed by atoms with Gasteiger partial charge in [0.25, 0.3) is 0 Å². The molecule has 0 aliphatic heterocycles. The Labute approximate surface area is 78.4 Å². The van der Waals surface area contributed by atoms with Gasteiger partial charge in [-0.15, -0.1) is 0 Å². The van der Waals surface area contributed by atoms with Crippen molar-refractivity contribution in [3.05, 3.63) is 53.6 Å². The van der Waals surface area contributed by atoms with Gasteiger partial charge in [0.05, 0.1) is 0 Å². The van der Waals surface area contributed by atoms with Crippen molar-refractivity contribution in [3.63, 3.8) is 0 Å². The van der Waals surface area contributed by atoms with Gasteiger partial charge in [-0.25, -0.2) is 4.39 Å². The molecule has 0 saturated heterocycles. The van der Waals surface area contributed by atoms with Gasteiger partial charge in [-0.1, -0.05) is 36.4 Å². The van der Waals surface area contributed by atoms with Crippen LogP contribution in [0.2, 0.25) is 0 Å². The van der Waals surface area contributed by atoms with Crippen LogP contribution in [0.5, 0.6) is 0 Å². The van der Waals surface area contributed by atoms with Crippen LogP contribution in [0, 0.1) is 13.8 Å². The molecular formula is C12H13F. The number of allylic oxidation sites excluding steroid dienone is 2. The van der Waals surface area contributed by atoms with Crippen LogP contribution in [0.25, 0.3) is 5.83 Å². The van der Waals surface area contributed by atoms with Crippen molar-refractivity contribution in [2.45, 2.75) is 13.8 Å². The second-order valence-corrected chi connectivity index (χ2v) is 3.07. The molecule has 0 nitrogen and oxygen atoms in total. The van der Waals surface area contributed by atoms with Crippen LogP contribution in [-0.4, -0.2) is 0 Å². The zero-order valence-corrected chi connectivity index (χ0v) is 7.97. The highest BCUT2D eigenvalue weighted by molar-refractivity contribution is 5.63. The second-order valence-electron chi connectivity index (χ2n) is 3.07. The van der Waals surface area contributed by atoms with Gasteiger partial charge < -0.3 is 0 Å². The SMILES string of the molecule is C=C/C=C(/F)c1ccc(C)cc1C. The highest BCUT2D eigenvalue weighted by Gasteiger charge is 2.02. The summed E-state index contributed by atoms with van der Waals surface area (Å²) in [5.41, 5.74) is 2.74. The Bertz CT molecular complexity index is 348. The van der Waals surface area contributed by atoms with Crippen LogP contribution in [0.4, 0.5) is 4.39 Å². The number of hydrogen-bond donors (Lipinski definition) is 0. The lowest BCUT2D eigenvalue weighted by Gasteiger charge is -2.03. The summed E-state index contributed by atoms with van der Waals surface area (Å²) in [6.07, 6.45) is 2.83. The van der Waals surface area contributed by atoms with E-state index >= 15 is 0 Å². The monoisotopic (exact) mass is 176 g/mol. The summed E-state index contributed by atoms with van der Waals surface area (Å²) >= 11 is 0. The molecule has 13 heavy (non-hydrogen) atoms.